The number of hydrogen-bond donors (Lipinski definition) is 0. The number of halogens is 3. The minimum absolute atomic E-state index is 0.187. The quantitative estimate of drug-likeness (QED) is 0.745. The lowest BCUT2D eigenvalue weighted by atomic mass is 10.2. The number of alkyl halides is 1. The lowest BCUT2D eigenvalue weighted by Crippen LogP contribution is -2.04. The zero-order valence-electron chi connectivity index (χ0n) is 11.3. The maximum absolute atomic E-state index is 13.8. The van der Waals surface area contributed by atoms with Gasteiger partial charge in [0.25, 0.3) is 0 Å². The van der Waals surface area contributed by atoms with E-state index < -0.39 is 0 Å². The van der Waals surface area contributed by atoms with E-state index >= 15 is 0 Å². The van der Waals surface area contributed by atoms with Gasteiger partial charge in [-0.2, -0.15) is 5.10 Å². The molecule has 1 aromatic heterocycles. The van der Waals surface area contributed by atoms with Gasteiger partial charge < -0.3 is 4.74 Å². The molecule has 108 valence electrons. The van der Waals surface area contributed by atoms with Crippen LogP contribution in [-0.2, 0) is 25.4 Å². The molecule has 0 bridgehead atoms. The SMILES string of the molecule is CCc1nn(C)c(COc2ccc(CBr)cc2F)c1Cl. The first-order valence-corrected chi connectivity index (χ1v) is 7.74. The molecule has 20 heavy (non-hydrogen) atoms. The second-order valence-electron chi connectivity index (χ2n) is 4.37. The average Bonchev–Trinajstić information content (AvgIpc) is 2.72. The summed E-state index contributed by atoms with van der Waals surface area (Å²) in [4.78, 5) is 0. The molecule has 0 N–H and O–H groups in total. The molecule has 0 aliphatic rings. The van der Waals surface area contributed by atoms with Gasteiger partial charge in [-0.3, -0.25) is 4.68 Å². The van der Waals surface area contributed by atoms with Crippen LogP contribution in [0.2, 0.25) is 5.02 Å². The van der Waals surface area contributed by atoms with E-state index in [1.807, 2.05) is 13.0 Å². The van der Waals surface area contributed by atoms with Crippen molar-refractivity contribution in [1.29, 1.82) is 0 Å². The van der Waals surface area contributed by atoms with Crippen molar-refractivity contribution in [2.45, 2.75) is 25.3 Å². The fourth-order valence-electron chi connectivity index (χ4n) is 1.87. The first-order chi connectivity index (χ1) is 9.56. The number of ether oxygens (including phenoxy) is 1. The Morgan fingerprint density at radius 2 is 2.20 bits per heavy atom. The van der Waals surface area contributed by atoms with Crippen LogP contribution in [-0.4, -0.2) is 9.78 Å². The van der Waals surface area contributed by atoms with E-state index in [1.165, 1.54) is 6.07 Å². The number of aryl methyl sites for hydroxylation is 2. The third-order valence-electron chi connectivity index (χ3n) is 3.02. The number of hydrogen-bond acceptors (Lipinski definition) is 2. The van der Waals surface area contributed by atoms with Crippen molar-refractivity contribution >= 4 is 27.5 Å². The van der Waals surface area contributed by atoms with Gasteiger partial charge in [0.1, 0.15) is 6.61 Å². The molecule has 6 heteroatoms. The number of rotatable bonds is 5. The van der Waals surface area contributed by atoms with Crippen LogP contribution in [0.1, 0.15) is 23.9 Å². The maximum atomic E-state index is 13.8. The smallest absolute Gasteiger partial charge is 0.165 e. The fourth-order valence-corrected chi connectivity index (χ4v) is 2.56. The van der Waals surface area contributed by atoms with E-state index in [9.17, 15) is 4.39 Å². The normalized spacial score (nSPS) is 10.8. The van der Waals surface area contributed by atoms with E-state index in [4.69, 9.17) is 16.3 Å². The van der Waals surface area contributed by atoms with Crippen molar-refractivity contribution in [3.8, 4) is 5.75 Å². The molecule has 0 fully saturated rings. The van der Waals surface area contributed by atoms with Crippen molar-refractivity contribution < 1.29 is 9.13 Å². The Labute approximate surface area is 130 Å². The number of nitrogens with zero attached hydrogens (tertiary/aromatic N) is 2. The van der Waals surface area contributed by atoms with Crippen molar-refractivity contribution in [3.63, 3.8) is 0 Å². The molecule has 0 saturated carbocycles. The number of aromatic nitrogens is 2. The molecule has 2 rings (SSSR count). The van der Waals surface area contributed by atoms with Gasteiger partial charge in [-0.25, -0.2) is 4.39 Å². The Kier molecular flexibility index (Phi) is 5.05. The van der Waals surface area contributed by atoms with Gasteiger partial charge in [0.2, 0.25) is 0 Å². The highest BCUT2D eigenvalue weighted by Gasteiger charge is 2.14. The van der Waals surface area contributed by atoms with Crippen molar-refractivity contribution in [2.75, 3.05) is 0 Å². The standard InChI is InChI=1S/C14H15BrClFN2O/c1-3-11-14(16)12(19(2)18-11)8-20-13-5-4-9(7-15)6-10(13)17/h4-6H,3,7-8H2,1-2H3. The summed E-state index contributed by atoms with van der Waals surface area (Å²) in [6.07, 6.45) is 0.751. The van der Waals surface area contributed by atoms with Gasteiger partial charge in [-0.05, 0) is 24.1 Å². The third-order valence-corrected chi connectivity index (χ3v) is 4.10. The molecule has 0 saturated heterocycles. The lowest BCUT2D eigenvalue weighted by molar-refractivity contribution is 0.280. The average molecular weight is 362 g/mol. The minimum atomic E-state index is -0.379. The molecule has 0 unspecified atom stereocenters. The van der Waals surface area contributed by atoms with Crippen molar-refractivity contribution in [1.82, 2.24) is 9.78 Å². The summed E-state index contributed by atoms with van der Waals surface area (Å²) >= 11 is 9.51. The monoisotopic (exact) mass is 360 g/mol. The Balaban J connectivity index is 2.15. The summed E-state index contributed by atoms with van der Waals surface area (Å²) in [5, 5.41) is 5.49. The van der Waals surface area contributed by atoms with Gasteiger partial charge >= 0.3 is 0 Å². The molecule has 0 atom stereocenters. The molecule has 0 radical (unpaired) electrons. The molecule has 0 amide bonds. The van der Waals surface area contributed by atoms with Gasteiger partial charge in [0.05, 0.1) is 16.4 Å². The van der Waals surface area contributed by atoms with Crippen LogP contribution in [0.5, 0.6) is 5.75 Å². The highest BCUT2D eigenvalue weighted by Crippen LogP contribution is 2.24. The molecular formula is C14H15BrClFN2O. The molecule has 1 aromatic carbocycles. The predicted octanol–water partition coefficient (Wildman–Crippen LogP) is 4.25. The minimum Gasteiger partial charge on any atom is -0.484 e. The van der Waals surface area contributed by atoms with E-state index in [-0.39, 0.29) is 18.2 Å². The highest BCUT2D eigenvalue weighted by atomic mass is 79.9. The largest absolute Gasteiger partial charge is 0.484 e. The molecule has 0 aliphatic heterocycles. The van der Waals surface area contributed by atoms with Crippen LogP contribution < -0.4 is 4.74 Å². The maximum Gasteiger partial charge on any atom is 0.165 e. The summed E-state index contributed by atoms with van der Waals surface area (Å²) < 4.78 is 21.0. The topological polar surface area (TPSA) is 27.1 Å². The van der Waals surface area contributed by atoms with Gasteiger partial charge in [0.15, 0.2) is 11.6 Å². The van der Waals surface area contributed by atoms with E-state index in [2.05, 4.69) is 21.0 Å². The highest BCUT2D eigenvalue weighted by molar-refractivity contribution is 9.08. The first-order valence-electron chi connectivity index (χ1n) is 6.24. The summed E-state index contributed by atoms with van der Waals surface area (Å²) in [7, 11) is 1.80. The van der Waals surface area contributed by atoms with Crippen molar-refractivity contribution in [2.24, 2.45) is 7.05 Å². The lowest BCUT2D eigenvalue weighted by Gasteiger charge is -2.08. The molecule has 0 spiro atoms. The summed E-state index contributed by atoms with van der Waals surface area (Å²) in [5.41, 5.74) is 2.43. The number of benzene rings is 1. The van der Waals surface area contributed by atoms with Gasteiger partial charge in [-0.1, -0.05) is 40.5 Å². The third kappa shape index (κ3) is 3.15. The van der Waals surface area contributed by atoms with Crippen LogP contribution in [0, 0.1) is 5.82 Å². The van der Waals surface area contributed by atoms with Gasteiger partial charge in [-0.15, -0.1) is 0 Å². The van der Waals surface area contributed by atoms with E-state index in [0.29, 0.717) is 10.4 Å². The summed E-state index contributed by atoms with van der Waals surface area (Å²) in [5.74, 6) is -0.166. The first kappa shape index (κ1) is 15.3. The van der Waals surface area contributed by atoms with Gasteiger partial charge in [0, 0.05) is 12.4 Å². The Bertz CT molecular complexity index is 615. The molecule has 1 heterocycles. The van der Waals surface area contributed by atoms with Crippen LogP contribution in [0.4, 0.5) is 4.39 Å². The Hall–Kier alpha value is -1.07. The van der Waals surface area contributed by atoms with Crippen LogP contribution in [0.25, 0.3) is 0 Å². The summed E-state index contributed by atoms with van der Waals surface area (Å²) in [6.45, 7) is 2.17. The fraction of sp³-hybridized carbons (Fsp3) is 0.357. The Morgan fingerprint density at radius 1 is 1.45 bits per heavy atom. The van der Waals surface area contributed by atoms with E-state index in [1.54, 1.807) is 17.8 Å². The second-order valence-corrected chi connectivity index (χ2v) is 5.31. The molecular weight excluding hydrogens is 347 g/mol. The van der Waals surface area contributed by atoms with Crippen molar-refractivity contribution in [3.05, 3.63) is 46.0 Å². The summed E-state index contributed by atoms with van der Waals surface area (Å²) in [6, 6.07) is 4.89. The Morgan fingerprint density at radius 3 is 2.75 bits per heavy atom. The second kappa shape index (κ2) is 6.59. The van der Waals surface area contributed by atoms with E-state index in [0.717, 1.165) is 23.4 Å². The van der Waals surface area contributed by atoms with Crippen LogP contribution in [0.3, 0.4) is 0 Å². The molecule has 3 nitrogen and oxygen atoms in total. The zero-order valence-corrected chi connectivity index (χ0v) is 13.6. The molecule has 2 aromatic rings. The zero-order chi connectivity index (χ0) is 14.7. The predicted molar refractivity (Wildman–Crippen MR) is 81.0 cm³/mol. The molecule has 0 aliphatic carbocycles. The van der Waals surface area contributed by atoms with Crippen LogP contribution in [0.15, 0.2) is 18.2 Å². The van der Waals surface area contributed by atoms with Crippen LogP contribution >= 0.6 is 27.5 Å².